The number of unbranched alkanes of at least 4 members (excludes halogenated alkanes) is 1. The van der Waals surface area contributed by atoms with Crippen LogP contribution in [-0.4, -0.2) is 30.1 Å². The van der Waals surface area contributed by atoms with Crippen molar-refractivity contribution in [1.82, 2.24) is 4.90 Å². The molecule has 0 aliphatic heterocycles. The molecule has 0 fully saturated rings. The predicted octanol–water partition coefficient (Wildman–Crippen LogP) is 3.02. The van der Waals surface area contributed by atoms with E-state index < -0.39 is 0 Å². The second-order valence-corrected chi connectivity index (χ2v) is 4.47. The summed E-state index contributed by atoms with van der Waals surface area (Å²) in [4.78, 5) is 2.59. The molecule has 92 valence electrons. The van der Waals surface area contributed by atoms with Gasteiger partial charge in [0.1, 0.15) is 0 Å². The largest absolute Gasteiger partial charge is 0.329 e. The Balaban J connectivity index is 4.54. The molecule has 0 aliphatic rings. The molecule has 0 bridgehead atoms. The highest BCUT2D eigenvalue weighted by Crippen LogP contribution is 2.25. The van der Waals surface area contributed by atoms with E-state index in [1.54, 1.807) is 0 Å². The number of hydrogen-bond acceptors (Lipinski definition) is 2. The van der Waals surface area contributed by atoms with Gasteiger partial charge in [0.05, 0.1) is 0 Å². The Hall–Kier alpha value is -0.0800. The summed E-state index contributed by atoms with van der Waals surface area (Å²) in [6.45, 7) is 12.2. The third kappa shape index (κ3) is 4.12. The average molecular weight is 214 g/mol. The molecule has 0 amide bonds. The lowest BCUT2D eigenvalue weighted by atomic mass is 9.87. The van der Waals surface area contributed by atoms with Crippen LogP contribution in [0.5, 0.6) is 0 Å². The van der Waals surface area contributed by atoms with Gasteiger partial charge in [0.25, 0.3) is 0 Å². The Morgan fingerprint density at radius 1 is 1.07 bits per heavy atom. The van der Waals surface area contributed by atoms with Crippen LogP contribution in [0.2, 0.25) is 0 Å². The SMILES string of the molecule is CCCCC(CC)(CN)N(CC)CCC. The second kappa shape index (κ2) is 8.12. The highest BCUT2D eigenvalue weighted by molar-refractivity contribution is 4.90. The number of hydrogen-bond donors (Lipinski definition) is 1. The molecule has 1 atom stereocenters. The summed E-state index contributed by atoms with van der Waals surface area (Å²) in [7, 11) is 0. The topological polar surface area (TPSA) is 29.3 Å². The van der Waals surface area contributed by atoms with Crippen LogP contribution in [0.15, 0.2) is 0 Å². The van der Waals surface area contributed by atoms with Gasteiger partial charge in [0.2, 0.25) is 0 Å². The fourth-order valence-corrected chi connectivity index (χ4v) is 2.44. The Bertz CT molecular complexity index is 141. The number of likely N-dealkylation sites (N-methyl/N-ethyl adjacent to an activating group) is 1. The van der Waals surface area contributed by atoms with Gasteiger partial charge in [0, 0.05) is 12.1 Å². The highest BCUT2D eigenvalue weighted by Gasteiger charge is 2.31. The third-order valence-corrected chi connectivity index (χ3v) is 3.58. The summed E-state index contributed by atoms with van der Waals surface area (Å²) in [6, 6.07) is 0. The summed E-state index contributed by atoms with van der Waals surface area (Å²) >= 11 is 0. The molecule has 2 N–H and O–H groups in total. The maximum Gasteiger partial charge on any atom is 0.0329 e. The molecular weight excluding hydrogens is 184 g/mol. The minimum absolute atomic E-state index is 0.265. The van der Waals surface area contributed by atoms with Crippen molar-refractivity contribution < 1.29 is 0 Å². The zero-order valence-corrected chi connectivity index (χ0v) is 11.2. The van der Waals surface area contributed by atoms with Crippen molar-refractivity contribution in [3.8, 4) is 0 Å². The van der Waals surface area contributed by atoms with E-state index in [0.29, 0.717) is 0 Å². The van der Waals surface area contributed by atoms with Gasteiger partial charge in [-0.15, -0.1) is 0 Å². The molecule has 0 radical (unpaired) electrons. The van der Waals surface area contributed by atoms with Crippen LogP contribution in [-0.2, 0) is 0 Å². The highest BCUT2D eigenvalue weighted by atomic mass is 15.2. The molecule has 0 aromatic heterocycles. The van der Waals surface area contributed by atoms with Crippen LogP contribution in [0.4, 0.5) is 0 Å². The van der Waals surface area contributed by atoms with Crippen molar-refractivity contribution >= 4 is 0 Å². The first-order valence-corrected chi connectivity index (χ1v) is 6.65. The third-order valence-electron chi connectivity index (χ3n) is 3.58. The van der Waals surface area contributed by atoms with Crippen LogP contribution in [0.25, 0.3) is 0 Å². The van der Waals surface area contributed by atoms with Crippen LogP contribution >= 0.6 is 0 Å². The Morgan fingerprint density at radius 2 is 1.73 bits per heavy atom. The molecule has 2 heteroatoms. The van der Waals surface area contributed by atoms with E-state index in [2.05, 4.69) is 32.6 Å². The summed E-state index contributed by atoms with van der Waals surface area (Å²) in [6.07, 6.45) is 6.22. The van der Waals surface area contributed by atoms with E-state index in [0.717, 1.165) is 13.1 Å². The van der Waals surface area contributed by atoms with Crippen molar-refractivity contribution in [2.75, 3.05) is 19.6 Å². The summed E-state index contributed by atoms with van der Waals surface area (Å²) in [5, 5.41) is 0. The summed E-state index contributed by atoms with van der Waals surface area (Å²) in [5.74, 6) is 0. The molecule has 0 aromatic rings. The minimum atomic E-state index is 0.265. The summed E-state index contributed by atoms with van der Waals surface area (Å²) < 4.78 is 0. The van der Waals surface area contributed by atoms with Gasteiger partial charge in [-0.3, -0.25) is 4.90 Å². The zero-order chi connectivity index (χ0) is 11.7. The van der Waals surface area contributed by atoms with E-state index in [1.807, 2.05) is 0 Å². The molecule has 1 unspecified atom stereocenters. The van der Waals surface area contributed by atoms with Crippen molar-refractivity contribution in [2.24, 2.45) is 5.73 Å². The second-order valence-electron chi connectivity index (χ2n) is 4.47. The molecule has 0 aromatic carbocycles. The fraction of sp³-hybridized carbons (Fsp3) is 1.00. The maximum absolute atomic E-state index is 6.02. The van der Waals surface area contributed by atoms with E-state index in [1.165, 1.54) is 38.6 Å². The smallest absolute Gasteiger partial charge is 0.0329 e. The molecule has 0 saturated carbocycles. The van der Waals surface area contributed by atoms with E-state index in [-0.39, 0.29) is 5.54 Å². The standard InChI is InChI=1S/C13H30N2/c1-5-9-10-13(7-3,12-14)15(8-4)11-6-2/h5-12,14H2,1-4H3. The predicted molar refractivity (Wildman–Crippen MR) is 69.1 cm³/mol. The van der Waals surface area contributed by atoms with Crippen LogP contribution in [0.3, 0.4) is 0 Å². The van der Waals surface area contributed by atoms with Crippen molar-refractivity contribution in [3.63, 3.8) is 0 Å². The first kappa shape index (κ1) is 14.9. The van der Waals surface area contributed by atoms with E-state index >= 15 is 0 Å². The lowest BCUT2D eigenvalue weighted by Gasteiger charge is -2.43. The van der Waals surface area contributed by atoms with Gasteiger partial charge in [-0.2, -0.15) is 0 Å². The Morgan fingerprint density at radius 3 is 2.07 bits per heavy atom. The number of nitrogens with zero attached hydrogens (tertiary/aromatic N) is 1. The van der Waals surface area contributed by atoms with Crippen LogP contribution < -0.4 is 5.73 Å². The average Bonchev–Trinajstić information content (AvgIpc) is 2.29. The number of rotatable bonds is 9. The van der Waals surface area contributed by atoms with Crippen LogP contribution in [0, 0.1) is 0 Å². The van der Waals surface area contributed by atoms with Gasteiger partial charge in [-0.05, 0) is 32.4 Å². The first-order chi connectivity index (χ1) is 7.20. The van der Waals surface area contributed by atoms with Crippen molar-refractivity contribution in [1.29, 1.82) is 0 Å². The van der Waals surface area contributed by atoms with Crippen molar-refractivity contribution in [3.05, 3.63) is 0 Å². The maximum atomic E-state index is 6.02. The molecule has 0 spiro atoms. The van der Waals surface area contributed by atoms with E-state index in [4.69, 9.17) is 5.73 Å². The lowest BCUT2D eigenvalue weighted by molar-refractivity contribution is 0.0838. The van der Waals surface area contributed by atoms with Gasteiger partial charge < -0.3 is 5.73 Å². The summed E-state index contributed by atoms with van der Waals surface area (Å²) in [5.41, 5.74) is 6.29. The monoisotopic (exact) mass is 214 g/mol. The Labute approximate surface area is 96.2 Å². The molecule has 15 heavy (non-hydrogen) atoms. The Kier molecular flexibility index (Phi) is 8.07. The molecule has 0 rings (SSSR count). The fourth-order valence-electron chi connectivity index (χ4n) is 2.44. The van der Waals surface area contributed by atoms with Gasteiger partial charge in [0.15, 0.2) is 0 Å². The van der Waals surface area contributed by atoms with Gasteiger partial charge >= 0.3 is 0 Å². The van der Waals surface area contributed by atoms with Crippen LogP contribution in [0.1, 0.15) is 59.8 Å². The first-order valence-electron chi connectivity index (χ1n) is 6.65. The lowest BCUT2D eigenvalue weighted by Crippen LogP contribution is -2.53. The molecule has 0 saturated heterocycles. The minimum Gasteiger partial charge on any atom is -0.329 e. The quantitative estimate of drug-likeness (QED) is 0.639. The molecular formula is C13H30N2. The zero-order valence-electron chi connectivity index (χ0n) is 11.2. The van der Waals surface area contributed by atoms with Gasteiger partial charge in [-0.1, -0.05) is 40.5 Å². The van der Waals surface area contributed by atoms with Gasteiger partial charge in [-0.25, -0.2) is 0 Å². The normalized spacial score (nSPS) is 15.6. The number of nitrogens with two attached hydrogens (primary N) is 1. The van der Waals surface area contributed by atoms with E-state index in [9.17, 15) is 0 Å². The molecule has 0 heterocycles. The molecule has 2 nitrogen and oxygen atoms in total. The van der Waals surface area contributed by atoms with Crippen molar-refractivity contribution in [2.45, 2.75) is 65.3 Å². The molecule has 0 aliphatic carbocycles.